The molecule has 6 nitrogen and oxygen atoms in total. The fourth-order valence-corrected chi connectivity index (χ4v) is 1.27. The van der Waals surface area contributed by atoms with Crippen molar-refractivity contribution >= 4 is 5.84 Å². The Kier molecular flexibility index (Phi) is 2.32. The zero-order valence-electron chi connectivity index (χ0n) is 7.78. The van der Waals surface area contributed by atoms with Crippen molar-refractivity contribution in [2.45, 2.75) is 0 Å². The highest BCUT2D eigenvalue weighted by molar-refractivity contribution is 5.96. The van der Waals surface area contributed by atoms with E-state index in [1.54, 1.807) is 35.2 Å². The molecule has 0 aliphatic carbocycles. The Morgan fingerprint density at radius 2 is 2.33 bits per heavy atom. The highest BCUT2D eigenvalue weighted by atomic mass is 16.4. The highest BCUT2D eigenvalue weighted by Crippen LogP contribution is 2.08. The zero-order chi connectivity index (χ0) is 10.7. The molecule has 0 amide bonds. The minimum Gasteiger partial charge on any atom is -0.409 e. The number of hydrogen-bond acceptors (Lipinski definition) is 4. The molecule has 2 aromatic rings. The van der Waals surface area contributed by atoms with Crippen molar-refractivity contribution in [3.05, 3.63) is 42.6 Å². The van der Waals surface area contributed by atoms with E-state index in [1.807, 2.05) is 0 Å². The molecule has 0 atom stereocenters. The second-order valence-corrected chi connectivity index (χ2v) is 2.82. The van der Waals surface area contributed by atoms with Gasteiger partial charge in [-0.15, -0.1) is 0 Å². The second-order valence-electron chi connectivity index (χ2n) is 2.82. The number of rotatable bonds is 2. The molecule has 2 aromatic heterocycles. The van der Waals surface area contributed by atoms with E-state index >= 15 is 0 Å². The van der Waals surface area contributed by atoms with Gasteiger partial charge in [0, 0.05) is 12.4 Å². The summed E-state index contributed by atoms with van der Waals surface area (Å²) in [5.41, 5.74) is 6.09. The SMILES string of the molecule is N/C(=N/O)c1cccn1-c1ccncn1. The Bertz CT molecular complexity index is 476. The van der Waals surface area contributed by atoms with Gasteiger partial charge in [-0.2, -0.15) is 0 Å². The Hall–Kier alpha value is -2.37. The highest BCUT2D eigenvalue weighted by Gasteiger charge is 2.07. The summed E-state index contributed by atoms with van der Waals surface area (Å²) in [5.74, 6) is 0.704. The molecule has 0 aliphatic heterocycles. The number of nitrogens with zero attached hydrogens (tertiary/aromatic N) is 4. The minimum atomic E-state index is 0.0404. The molecule has 6 heteroatoms. The van der Waals surface area contributed by atoms with Crippen LogP contribution in [0.1, 0.15) is 5.69 Å². The second kappa shape index (κ2) is 3.79. The van der Waals surface area contributed by atoms with Gasteiger partial charge in [0.15, 0.2) is 5.84 Å². The summed E-state index contributed by atoms with van der Waals surface area (Å²) < 4.78 is 1.71. The van der Waals surface area contributed by atoms with E-state index in [0.29, 0.717) is 11.5 Å². The summed E-state index contributed by atoms with van der Waals surface area (Å²) in [6.45, 7) is 0. The summed E-state index contributed by atoms with van der Waals surface area (Å²) in [6, 6.07) is 5.25. The molecule has 0 fully saturated rings. The molecule has 15 heavy (non-hydrogen) atoms. The van der Waals surface area contributed by atoms with E-state index in [4.69, 9.17) is 10.9 Å². The van der Waals surface area contributed by atoms with Crippen LogP contribution in [0.15, 0.2) is 42.1 Å². The first-order chi connectivity index (χ1) is 7.33. The van der Waals surface area contributed by atoms with Crippen LogP contribution >= 0.6 is 0 Å². The standard InChI is InChI=1S/C9H9N5O/c10-9(13-15)7-2-1-5-14(7)8-3-4-11-6-12-8/h1-6,15H,(H2,10,13). The van der Waals surface area contributed by atoms with Crippen LogP contribution in [0.3, 0.4) is 0 Å². The third-order valence-electron chi connectivity index (χ3n) is 1.93. The molecule has 0 bridgehead atoms. The fourth-order valence-electron chi connectivity index (χ4n) is 1.27. The minimum absolute atomic E-state index is 0.0404. The summed E-state index contributed by atoms with van der Waals surface area (Å²) in [4.78, 5) is 7.87. The summed E-state index contributed by atoms with van der Waals surface area (Å²) >= 11 is 0. The van der Waals surface area contributed by atoms with Gasteiger partial charge >= 0.3 is 0 Å². The van der Waals surface area contributed by atoms with E-state index in [-0.39, 0.29) is 5.84 Å². The van der Waals surface area contributed by atoms with Crippen LogP contribution in [0.5, 0.6) is 0 Å². The van der Waals surface area contributed by atoms with Crippen LogP contribution < -0.4 is 5.73 Å². The number of hydrogen-bond donors (Lipinski definition) is 2. The molecule has 0 aliphatic rings. The first-order valence-corrected chi connectivity index (χ1v) is 4.24. The quantitative estimate of drug-likeness (QED) is 0.319. The average Bonchev–Trinajstić information content (AvgIpc) is 2.78. The van der Waals surface area contributed by atoms with Crippen molar-refractivity contribution in [1.29, 1.82) is 0 Å². The number of aromatic nitrogens is 3. The lowest BCUT2D eigenvalue weighted by molar-refractivity contribution is 0.318. The van der Waals surface area contributed by atoms with E-state index in [1.165, 1.54) is 6.33 Å². The predicted molar refractivity (Wildman–Crippen MR) is 53.9 cm³/mol. The van der Waals surface area contributed by atoms with Crippen LogP contribution in [-0.2, 0) is 0 Å². The molecule has 2 heterocycles. The van der Waals surface area contributed by atoms with Crippen molar-refractivity contribution in [2.75, 3.05) is 0 Å². The third kappa shape index (κ3) is 1.64. The normalized spacial score (nSPS) is 11.6. The van der Waals surface area contributed by atoms with E-state index in [0.717, 1.165) is 0 Å². The lowest BCUT2D eigenvalue weighted by Gasteiger charge is -2.05. The van der Waals surface area contributed by atoms with Gasteiger partial charge in [0.1, 0.15) is 12.1 Å². The van der Waals surface area contributed by atoms with Gasteiger partial charge < -0.3 is 10.9 Å². The molecule has 0 saturated heterocycles. The molecule has 0 unspecified atom stereocenters. The largest absolute Gasteiger partial charge is 0.409 e. The van der Waals surface area contributed by atoms with Gasteiger partial charge in [0.25, 0.3) is 0 Å². The van der Waals surface area contributed by atoms with Gasteiger partial charge in [-0.3, -0.25) is 4.57 Å². The molecule has 0 saturated carbocycles. The maximum atomic E-state index is 8.59. The lowest BCUT2D eigenvalue weighted by atomic mass is 10.4. The Morgan fingerprint density at radius 1 is 1.47 bits per heavy atom. The topological polar surface area (TPSA) is 89.3 Å². The van der Waals surface area contributed by atoms with Crippen LogP contribution in [0.25, 0.3) is 5.82 Å². The van der Waals surface area contributed by atoms with Gasteiger partial charge in [0.2, 0.25) is 0 Å². The average molecular weight is 203 g/mol. The Balaban J connectivity index is 2.51. The maximum absolute atomic E-state index is 8.59. The summed E-state index contributed by atoms with van der Waals surface area (Å²) in [6.07, 6.45) is 4.83. The van der Waals surface area contributed by atoms with Crippen molar-refractivity contribution in [1.82, 2.24) is 14.5 Å². The van der Waals surface area contributed by atoms with Crippen molar-refractivity contribution in [2.24, 2.45) is 10.9 Å². The van der Waals surface area contributed by atoms with Crippen LogP contribution in [-0.4, -0.2) is 25.6 Å². The van der Waals surface area contributed by atoms with Crippen molar-refractivity contribution < 1.29 is 5.21 Å². The molecule has 0 radical (unpaired) electrons. The summed E-state index contributed by atoms with van der Waals surface area (Å²) in [5, 5.41) is 11.5. The molecular weight excluding hydrogens is 194 g/mol. The van der Waals surface area contributed by atoms with E-state index in [9.17, 15) is 0 Å². The van der Waals surface area contributed by atoms with Gasteiger partial charge in [-0.25, -0.2) is 9.97 Å². The van der Waals surface area contributed by atoms with Crippen LogP contribution in [0, 0.1) is 0 Å². The zero-order valence-corrected chi connectivity index (χ0v) is 7.78. The number of nitrogens with two attached hydrogens (primary N) is 1. The Labute approximate surface area is 85.7 Å². The smallest absolute Gasteiger partial charge is 0.187 e. The van der Waals surface area contributed by atoms with E-state index < -0.39 is 0 Å². The van der Waals surface area contributed by atoms with Gasteiger partial charge in [0.05, 0.1) is 5.69 Å². The Morgan fingerprint density at radius 3 is 3.00 bits per heavy atom. The van der Waals surface area contributed by atoms with Crippen molar-refractivity contribution in [3.63, 3.8) is 0 Å². The van der Waals surface area contributed by atoms with Crippen LogP contribution in [0.4, 0.5) is 0 Å². The van der Waals surface area contributed by atoms with Gasteiger partial charge in [-0.05, 0) is 18.2 Å². The molecule has 0 aromatic carbocycles. The van der Waals surface area contributed by atoms with Crippen molar-refractivity contribution in [3.8, 4) is 5.82 Å². The fraction of sp³-hybridized carbons (Fsp3) is 0. The monoisotopic (exact) mass is 203 g/mol. The maximum Gasteiger partial charge on any atom is 0.187 e. The third-order valence-corrected chi connectivity index (χ3v) is 1.93. The first-order valence-electron chi connectivity index (χ1n) is 4.24. The molecule has 3 N–H and O–H groups in total. The van der Waals surface area contributed by atoms with E-state index in [2.05, 4.69) is 15.1 Å². The molecular formula is C9H9N5O. The number of amidine groups is 1. The molecule has 76 valence electrons. The summed E-state index contributed by atoms with van der Waals surface area (Å²) in [7, 11) is 0. The number of oxime groups is 1. The molecule has 2 rings (SSSR count). The predicted octanol–water partition coefficient (Wildman–Crippen LogP) is 0.362. The first kappa shape index (κ1) is 9.20. The molecule has 0 spiro atoms. The van der Waals surface area contributed by atoms with Gasteiger partial charge in [-0.1, -0.05) is 5.16 Å². The lowest BCUT2D eigenvalue weighted by Crippen LogP contribution is -2.17. The van der Waals surface area contributed by atoms with Crippen LogP contribution in [0.2, 0.25) is 0 Å².